The van der Waals surface area contributed by atoms with Crippen molar-refractivity contribution < 1.29 is 9.90 Å². The molecule has 1 aromatic carbocycles. The van der Waals surface area contributed by atoms with Crippen molar-refractivity contribution in [2.24, 2.45) is 5.92 Å². The quantitative estimate of drug-likeness (QED) is 0.558. The van der Waals surface area contributed by atoms with Crippen molar-refractivity contribution in [1.29, 1.82) is 0 Å². The number of aliphatic carboxylic acids is 1. The fourth-order valence-corrected chi connectivity index (χ4v) is 3.33. The van der Waals surface area contributed by atoms with Crippen LogP contribution in [-0.2, 0) is 11.2 Å². The number of H-pyrrole nitrogens is 1. The number of carbonyl (C=O) groups is 1. The Hall–Kier alpha value is -3.29. The Bertz CT molecular complexity index is 879. The molecule has 2 aromatic heterocycles. The standard InChI is InChI=1S/C19H22N6O2/c1-2-5-15(19(26)27)16(18-22-24-25-23-18)10-12-6-3-4-7-14(12)13-8-9-17(20)21-11-13/h3-4,6-9,11,15-16H,2,5,10H2,1H3,(H2,20,21)(H,26,27)(H,22,23,24,25)/t15-,16-/m0/s1. The van der Waals surface area contributed by atoms with Crippen molar-refractivity contribution in [2.45, 2.75) is 32.1 Å². The van der Waals surface area contributed by atoms with E-state index in [2.05, 4.69) is 25.6 Å². The van der Waals surface area contributed by atoms with Gasteiger partial charge in [0.1, 0.15) is 5.82 Å². The summed E-state index contributed by atoms with van der Waals surface area (Å²) < 4.78 is 0. The Kier molecular flexibility index (Phi) is 5.75. The fourth-order valence-electron chi connectivity index (χ4n) is 3.33. The summed E-state index contributed by atoms with van der Waals surface area (Å²) in [6.45, 7) is 1.97. The van der Waals surface area contributed by atoms with E-state index in [1.807, 2.05) is 37.3 Å². The average molecular weight is 366 g/mol. The number of carboxylic acid groups (broad SMARTS) is 1. The number of anilines is 1. The third-order valence-electron chi connectivity index (χ3n) is 4.65. The van der Waals surface area contributed by atoms with Crippen LogP contribution in [0.15, 0.2) is 42.6 Å². The van der Waals surface area contributed by atoms with E-state index in [0.717, 1.165) is 23.1 Å². The molecule has 0 spiro atoms. The summed E-state index contributed by atoms with van der Waals surface area (Å²) in [6.07, 6.45) is 3.50. The van der Waals surface area contributed by atoms with Gasteiger partial charge in [0.15, 0.2) is 5.82 Å². The maximum absolute atomic E-state index is 11.9. The fraction of sp³-hybridized carbons (Fsp3) is 0.316. The molecule has 0 unspecified atom stereocenters. The molecule has 0 aliphatic rings. The summed E-state index contributed by atoms with van der Waals surface area (Å²) in [7, 11) is 0. The summed E-state index contributed by atoms with van der Waals surface area (Å²) in [5.41, 5.74) is 8.60. The molecule has 8 heteroatoms. The summed E-state index contributed by atoms with van der Waals surface area (Å²) >= 11 is 0. The molecule has 0 radical (unpaired) electrons. The molecule has 2 atom stereocenters. The lowest BCUT2D eigenvalue weighted by Crippen LogP contribution is -2.25. The Balaban J connectivity index is 1.99. The normalized spacial score (nSPS) is 13.2. The van der Waals surface area contributed by atoms with E-state index in [0.29, 0.717) is 24.5 Å². The molecule has 0 saturated heterocycles. The van der Waals surface area contributed by atoms with Gasteiger partial charge < -0.3 is 10.8 Å². The number of tetrazole rings is 1. The van der Waals surface area contributed by atoms with E-state index in [1.54, 1.807) is 12.3 Å². The van der Waals surface area contributed by atoms with Crippen molar-refractivity contribution >= 4 is 11.8 Å². The molecule has 0 saturated carbocycles. The minimum atomic E-state index is -0.849. The number of hydrogen-bond donors (Lipinski definition) is 3. The largest absolute Gasteiger partial charge is 0.481 e. The van der Waals surface area contributed by atoms with Gasteiger partial charge >= 0.3 is 5.97 Å². The van der Waals surface area contributed by atoms with E-state index < -0.39 is 11.9 Å². The highest BCUT2D eigenvalue weighted by molar-refractivity contribution is 5.72. The van der Waals surface area contributed by atoms with E-state index in [9.17, 15) is 9.90 Å². The van der Waals surface area contributed by atoms with Crippen molar-refractivity contribution in [3.63, 3.8) is 0 Å². The summed E-state index contributed by atoms with van der Waals surface area (Å²) in [5.74, 6) is -0.955. The molecule has 0 amide bonds. The van der Waals surface area contributed by atoms with Crippen molar-refractivity contribution in [3.8, 4) is 11.1 Å². The number of nitrogens with one attached hydrogen (secondary N) is 1. The third-order valence-corrected chi connectivity index (χ3v) is 4.65. The third kappa shape index (κ3) is 4.28. The number of hydrogen-bond acceptors (Lipinski definition) is 6. The molecule has 140 valence electrons. The van der Waals surface area contributed by atoms with Gasteiger partial charge in [0.05, 0.1) is 5.92 Å². The Labute approximate surface area is 156 Å². The summed E-state index contributed by atoms with van der Waals surface area (Å²) in [5, 5.41) is 24.0. The molecular formula is C19H22N6O2. The molecule has 0 bridgehead atoms. The molecule has 0 fully saturated rings. The molecule has 3 aromatic rings. The number of aromatic amines is 1. The van der Waals surface area contributed by atoms with Crippen LogP contribution in [0.1, 0.15) is 37.1 Å². The van der Waals surface area contributed by atoms with Crippen molar-refractivity contribution in [1.82, 2.24) is 25.6 Å². The predicted octanol–water partition coefficient (Wildman–Crippen LogP) is 2.67. The van der Waals surface area contributed by atoms with E-state index in [-0.39, 0.29) is 5.92 Å². The first-order valence-electron chi connectivity index (χ1n) is 8.86. The number of carboxylic acids is 1. The van der Waals surface area contributed by atoms with Crippen LogP contribution in [0, 0.1) is 5.92 Å². The highest BCUT2D eigenvalue weighted by atomic mass is 16.4. The minimum Gasteiger partial charge on any atom is -0.481 e. The topological polar surface area (TPSA) is 131 Å². The lowest BCUT2D eigenvalue weighted by Gasteiger charge is -2.22. The highest BCUT2D eigenvalue weighted by Crippen LogP contribution is 2.33. The molecule has 3 rings (SSSR count). The Morgan fingerprint density at radius 1 is 1.26 bits per heavy atom. The first kappa shape index (κ1) is 18.5. The molecule has 0 aliphatic carbocycles. The summed E-state index contributed by atoms with van der Waals surface area (Å²) in [4.78, 5) is 16.1. The number of pyridine rings is 1. The van der Waals surface area contributed by atoms with Gasteiger partial charge in [-0.15, -0.1) is 10.2 Å². The Morgan fingerprint density at radius 3 is 2.70 bits per heavy atom. The second-order valence-corrected chi connectivity index (χ2v) is 6.44. The zero-order valence-corrected chi connectivity index (χ0v) is 15.0. The molecule has 0 aliphatic heterocycles. The van der Waals surface area contributed by atoms with E-state index >= 15 is 0 Å². The van der Waals surface area contributed by atoms with Gasteiger partial charge in [-0.1, -0.05) is 42.8 Å². The van der Waals surface area contributed by atoms with Crippen molar-refractivity contribution in [2.75, 3.05) is 5.73 Å². The van der Waals surface area contributed by atoms with Gasteiger partial charge in [-0.2, -0.15) is 5.21 Å². The number of nitrogens with two attached hydrogens (primary N) is 1. The zero-order valence-electron chi connectivity index (χ0n) is 15.0. The van der Waals surface area contributed by atoms with Crippen LogP contribution in [-0.4, -0.2) is 36.7 Å². The molecule has 4 N–H and O–H groups in total. The molecule has 27 heavy (non-hydrogen) atoms. The number of nitrogen functional groups attached to an aromatic ring is 1. The van der Waals surface area contributed by atoms with Gasteiger partial charge in [-0.25, -0.2) is 4.98 Å². The molecule has 2 heterocycles. The van der Waals surface area contributed by atoms with Gasteiger partial charge in [-0.3, -0.25) is 4.79 Å². The van der Waals surface area contributed by atoms with Crippen LogP contribution in [0.3, 0.4) is 0 Å². The maximum Gasteiger partial charge on any atom is 0.307 e. The van der Waals surface area contributed by atoms with E-state index in [4.69, 9.17) is 5.73 Å². The minimum absolute atomic E-state index is 0.385. The number of aromatic nitrogens is 5. The van der Waals surface area contributed by atoms with Crippen LogP contribution >= 0.6 is 0 Å². The van der Waals surface area contributed by atoms with Crippen molar-refractivity contribution in [3.05, 3.63) is 54.0 Å². The first-order chi connectivity index (χ1) is 13.1. The first-order valence-corrected chi connectivity index (χ1v) is 8.86. The zero-order chi connectivity index (χ0) is 19.2. The summed E-state index contributed by atoms with van der Waals surface area (Å²) in [6, 6.07) is 11.5. The van der Waals surface area contributed by atoms with E-state index in [1.165, 1.54) is 0 Å². The SMILES string of the molecule is CCC[C@H](C(=O)O)[C@H](Cc1ccccc1-c1ccc(N)nc1)c1nn[nH]n1. The second-order valence-electron chi connectivity index (χ2n) is 6.44. The van der Waals surface area contributed by atoms with Crippen LogP contribution in [0.5, 0.6) is 0 Å². The Morgan fingerprint density at radius 2 is 2.07 bits per heavy atom. The van der Waals surface area contributed by atoms with Crippen LogP contribution in [0.25, 0.3) is 11.1 Å². The average Bonchev–Trinajstić information content (AvgIpc) is 3.20. The number of rotatable bonds is 8. The van der Waals surface area contributed by atoms with Gasteiger partial charge in [0.25, 0.3) is 0 Å². The van der Waals surface area contributed by atoms with Crippen LogP contribution < -0.4 is 5.73 Å². The maximum atomic E-state index is 11.9. The smallest absolute Gasteiger partial charge is 0.307 e. The monoisotopic (exact) mass is 366 g/mol. The number of benzene rings is 1. The molecule has 8 nitrogen and oxygen atoms in total. The predicted molar refractivity (Wildman–Crippen MR) is 101 cm³/mol. The van der Waals surface area contributed by atoms with Crippen LogP contribution in [0.4, 0.5) is 5.82 Å². The number of nitrogens with zero attached hydrogens (tertiary/aromatic N) is 4. The van der Waals surface area contributed by atoms with Gasteiger partial charge in [0, 0.05) is 17.7 Å². The molecular weight excluding hydrogens is 344 g/mol. The van der Waals surface area contributed by atoms with Gasteiger partial charge in [0.2, 0.25) is 0 Å². The second kappa shape index (κ2) is 8.39. The van der Waals surface area contributed by atoms with Gasteiger partial charge in [-0.05, 0) is 36.1 Å². The lowest BCUT2D eigenvalue weighted by atomic mass is 9.82. The van der Waals surface area contributed by atoms with Crippen LogP contribution in [0.2, 0.25) is 0 Å². The lowest BCUT2D eigenvalue weighted by molar-refractivity contribution is -0.142. The highest BCUT2D eigenvalue weighted by Gasteiger charge is 2.32.